The molecule has 1 unspecified atom stereocenters. The third-order valence-electron chi connectivity index (χ3n) is 3.40. The Morgan fingerprint density at radius 1 is 1.50 bits per heavy atom. The Morgan fingerprint density at radius 3 is 2.94 bits per heavy atom. The Labute approximate surface area is 116 Å². The number of aryl methyl sites for hydroxylation is 1. The minimum absolute atomic E-state index is 0.00282. The standard InChI is InChI=1S/C14H18BrNO2/c1-10-5-6-13(12(15)8-10)16-7-3-4-11(9-16)14(17)18-2/h5-6,8,11H,3-4,7,9H2,1-2H3. The Morgan fingerprint density at radius 2 is 2.28 bits per heavy atom. The summed E-state index contributed by atoms with van der Waals surface area (Å²) in [5.41, 5.74) is 2.39. The lowest BCUT2D eigenvalue weighted by Crippen LogP contribution is -2.39. The van der Waals surface area contributed by atoms with Crippen molar-refractivity contribution in [3.8, 4) is 0 Å². The molecule has 1 atom stereocenters. The molecule has 1 aliphatic heterocycles. The largest absolute Gasteiger partial charge is 0.469 e. The van der Waals surface area contributed by atoms with Crippen molar-refractivity contribution in [3.05, 3.63) is 28.2 Å². The molecule has 1 aromatic rings. The second-order valence-corrected chi connectivity index (χ2v) is 5.62. The smallest absolute Gasteiger partial charge is 0.310 e. The van der Waals surface area contributed by atoms with Crippen LogP contribution in [0.3, 0.4) is 0 Å². The van der Waals surface area contributed by atoms with Gasteiger partial charge in [0.25, 0.3) is 0 Å². The van der Waals surface area contributed by atoms with Crippen LogP contribution in [-0.2, 0) is 9.53 Å². The number of carbonyl (C=O) groups is 1. The van der Waals surface area contributed by atoms with Crippen LogP contribution in [0, 0.1) is 12.8 Å². The molecule has 1 heterocycles. The topological polar surface area (TPSA) is 29.5 Å². The van der Waals surface area contributed by atoms with Gasteiger partial charge in [0, 0.05) is 17.6 Å². The van der Waals surface area contributed by atoms with E-state index in [-0.39, 0.29) is 11.9 Å². The maximum atomic E-state index is 11.6. The summed E-state index contributed by atoms with van der Waals surface area (Å²) in [6, 6.07) is 6.32. The average Bonchev–Trinajstić information content (AvgIpc) is 2.38. The molecule has 0 radical (unpaired) electrons. The van der Waals surface area contributed by atoms with Gasteiger partial charge in [0.15, 0.2) is 0 Å². The first-order valence-corrected chi connectivity index (χ1v) is 7.00. The van der Waals surface area contributed by atoms with E-state index < -0.39 is 0 Å². The number of ether oxygens (including phenoxy) is 1. The van der Waals surface area contributed by atoms with Gasteiger partial charge in [0.2, 0.25) is 0 Å². The van der Waals surface area contributed by atoms with Crippen LogP contribution in [0.2, 0.25) is 0 Å². The molecule has 1 aromatic carbocycles. The summed E-state index contributed by atoms with van der Waals surface area (Å²) in [5, 5.41) is 0. The lowest BCUT2D eigenvalue weighted by molar-refractivity contribution is -0.145. The highest BCUT2D eigenvalue weighted by Crippen LogP contribution is 2.31. The van der Waals surface area contributed by atoms with Gasteiger partial charge in [-0.15, -0.1) is 0 Å². The molecule has 4 heteroatoms. The number of nitrogens with zero attached hydrogens (tertiary/aromatic N) is 1. The molecule has 0 N–H and O–H groups in total. The van der Waals surface area contributed by atoms with Gasteiger partial charge in [-0.05, 0) is 53.4 Å². The zero-order valence-corrected chi connectivity index (χ0v) is 12.4. The molecular weight excluding hydrogens is 294 g/mol. The molecule has 0 spiro atoms. The summed E-state index contributed by atoms with van der Waals surface area (Å²) in [6.07, 6.45) is 1.95. The molecule has 0 bridgehead atoms. The number of esters is 1. The van der Waals surface area contributed by atoms with Crippen molar-refractivity contribution in [1.29, 1.82) is 0 Å². The first-order chi connectivity index (χ1) is 8.61. The summed E-state index contributed by atoms with van der Waals surface area (Å²) >= 11 is 3.60. The van der Waals surface area contributed by atoms with E-state index in [4.69, 9.17) is 4.74 Å². The molecule has 3 nitrogen and oxygen atoms in total. The minimum atomic E-state index is -0.0945. The fraction of sp³-hybridized carbons (Fsp3) is 0.500. The van der Waals surface area contributed by atoms with Gasteiger partial charge in [-0.1, -0.05) is 6.07 Å². The Bertz CT molecular complexity index is 447. The summed E-state index contributed by atoms with van der Waals surface area (Å²) in [7, 11) is 1.46. The van der Waals surface area contributed by atoms with Crippen molar-refractivity contribution in [2.24, 2.45) is 5.92 Å². The van der Waals surface area contributed by atoms with E-state index >= 15 is 0 Å². The lowest BCUT2D eigenvalue weighted by atomic mass is 9.97. The van der Waals surface area contributed by atoms with E-state index in [9.17, 15) is 4.79 Å². The number of methoxy groups -OCH3 is 1. The van der Waals surface area contributed by atoms with Gasteiger partial charge in [-0.3, -0.25) is 4.79 Å². The van der Waals surface area contributed by atoms with Crippen molar-refractivity contribution in [2.45, 2.75) is 19.8 Å². The Balaban J connectivity index is 2.15. The van der Waals surface area contributed by atoms with Gasteiger partial charge < -0.3 is 9.64 Å². The fourth-order valence-corrected chi connectivity index (χ4v) is 3.17. The predicted octanol–water partition coefficient (Wildman–Crippen LogP) is 3.15. The van der Waals surface area contributed by atoms with E-state index in [1.807, 2.05) is 0 Å². The quantitative estimate of drug-likeness (QED) is 0.786. The van der Waals surface area contributed by atoms with Crippen LogP contribution in [-0.4, -0.2) is 26.2 Å². The molecule has 98 valence electrons. The van der Waals surface area contributed by atoms with Gasteiger partial charge >= 0.3 is 5.97 Å². The molecule has 1 saturated heterocycles. The van der Waals surface area contributed by atoms with Crippen molar-refractivity contribution >= 4 is 27.6 Å². The third kappa shape index (κ3) is 2.86. The van der Waals surface area contributed by atoms with Crippen LogP contribution >= 0.6 is 15.9 Å². The average molecular weight is 312 g/mol. The SMILES string of the molecule is COC(=O)C1CCCN(c2ccc(C)cc2Br)C1. The summed E-state index contributed by atoms with van der Waals surface area (Å²) in [5.74, 6) is -0.0973. The van der Waals surface area contributed by atoms with Crippen molar-refractivity contribution in [2.75, 3.05) is 25.1 Å². The van der Waals surface area contributed by atoms with E-state index in [0.717, 1.165) is 36.1 Å². The highest BCUT2D eigenvalue weighted by atomic mass is 79.9. The highest BCUT2D eigenvalue weighted by Gasteiger charge is 2.27. The number of hydrogen-bond donors (Lipinski definition) is 0. The summed E-state index contributed by atoms with van der Waals surface area (Å²) in [4.78, 5) is 13.9. The predicted molar refractivity (Wildman–Crippen MR) is 75.8 cm³/mol. The monoisotopic (exact) mass is 311 g/mol. The summed E-state index contributed by atoms with van der Waals surface area (Å²) < 4.78 is 5.94. The molecule has 1 aliphatic rings. The van der Waals surface area contributed by atoms with Gasteiger partial charge in [0.1, 0.15) is 0 Å². The van der Waals surface area contributed by atoms with E-state index in [1.54, 1.807) is 0 Å². The second kappa shape index (κ2) is 5.74. The molecule has 18 heavy (non-hydrogen) atoms. The van der Waals surface area contributed by atoms with Crippen LogP contribution in [0.5, 0.6) is 0 Å². The number of rotatable bonds is 2. The first-order valence-electron chi connectivity index (χ1n) is 6.20. The molecular formula is C14H18BrNO2. The number of hydrogen-bond acceptors (Lipinski definition) is 3. The van der Waals surface area contributed by atoms with Gasteiger partial charge in [-0.25, -0.2) is 0 Å². The Kier molecular flexibility index (Phi) is 4.27. The fourth-order valence-electron chi connectivity index (χ4n) is 2.42. The number of anilines is 1. The number of halogens is 1. The second-order valence-electron chi connectivity index (χ2n) is 4.76. The first kappa shape index (κ1) is 13.4. The van der Waals surface area contributed by atoms with Crippen LogP contribution < -0.4 is 4.90 Å². The lowest BCUT2D eigenvalue weighted by Gasteiger charge is -2.33. The maximum Gasteiger partial charge on any atom is 0.310 e. The molecule has 0 amide bonds. The molecule has 0 aromatic heterocycles. The van der Waals surface area contributed by atoms with Crippen LogP contribution in [0.15, 0.2) is 22.7 Å². The molecule has 1 fully saturated rings. The van der Waals surface area contributed by atoms with Crippen molar-refractivity contribution < 1.29 is 9.53 Å². The summed E-state index contributed by atoms with van der Waals surface area (Å²) in [6.45, 7) is 3.81. The van der Waals surface area contributed by atoms with Crippen molar-refractivity contribution in [1.82, 2.24) is 0 Å². The van der Waals surface area contributed by atoms with Crippen molar-refractivity contribution in [3.63, 3.8) is 0 Å². The van der Waals surface area contributed by atoms with E-state index in [1.165, 1.54) is 12.7 Å². The molecule has 2 rings (SSSR count). The van der Waals surface area contributed by atoms with Crippen LogP contribution in [0.4, 0.5) is 5.69 Å². The number of benzene rings is 1. The molecule has 0 saturated carbocycles. The normalized spacial score (nSPS) is 19.7. The highest BCUT2D eigenvalue weighted by molar-refractivity contribution is 9.10. The number of carbonyl (C=O) groups excluding carboxylic acids is 1. The third-order valence-corrected chi connectivity index (χ3v) is 4.03. The van der Waals surface area contributed by atoms with E-state index in [0.29, 0.717) is 0 Å². The van der Waals surface area contributed by atoms with Crippen LogP contribution in [0.25, 0.3) is 0 Å². The zero-order valence-electron chi connectivity index (χ0n) is 10.8. The van der Waals surface area contributed by atoms with Gasteiger partial charge in [-0.2, -0.15) is 0 Å². The Hall–Kier alpha value is -1.03. The minimum Gasteiger partial charge on any atom is -0.469 e. The molecule has 0 aliphatic carbocycles. The maximum absolute atomic E-state index is 11.6. The van der Waals surface area contributed by atoms with Crippen LogP contribution in [0.1, 0.15) is 18.4 Å². The number of piperidine rings is 1. The zero-order chi connectivity index (χ0) is 13.1. The van der Waals surface area contributed by atoms with Gasteiger partial charge in [0.05, 0.1) is 18.7 Å². The van der Waals surface area contributed by atoms with E-state index in [2.05, 4.69) is 46.0 Å².